The van der Waals surface area contributed by atoms with Crippen molar-refractivity contribution in [2.24, 2.45) is 11.7 Å². The number of primary amides is 1. The number of rotatable bonds is 3. The highest BCUT2D eigenvalue weighted by Gasteiger charge is 2.31. The number of nitrogens with two attached hydrogens (primary N) is 1. The summed E-state index contributed by atoms with van der Waals surface area (Å²) in [5.41, 5.74) is 3.79. The number of carbonyl (C=O) groups is 1. The monoisotopic (exact) mass is 185 g/mol. The first kappa shape index (κ1) is 10.5. The van der Waals surface area contributed by atoms with E-state index >= 15 is 0 Å². The zero-order chi connectivity index (χ0) is 9.90. The van der Waals surface area contributed by atoms with Gasteiger partial charge in [0.05, 0.1) is 0 Å². The van der Waals surface area contributed by atoms with E-state index < -0.39 is 11.5 Å². The fourth-order valence-corrected chi connectivity index (χ4v) is 2.05. The summed E-state index contributed by atoms with van der Waals surface area (Å²) in [5.74, 6) is -0.116. The predicted octanol–water partition coefficient (Wildman–Crippen LogP) is 1.19. The number of aliphatic hydroxyl groups is 1. The van der Waals surface area contributed by atoms with Gasteiger partial charge in [-0.1, -0.05) is 32.1 Å². The van der Waals surface area contributed by atoms with Gasteiger partial charge in [0.2, 0.25) is 5.91 Å². The molecule has 1 fully saturated rings. The van der Waals surface area contributed by atoms with Crippen molar-refractivity contribution >= 4 is 5.91 Å². The maximum absolute atomic E-state index is 10.9. The van der Waals surface area contributed by atoms with Crippen LogP contribution < -0.4 is 5.73 Å². The van der Waals surface area contributed by atoms with Crippen LogP contribution in [0.3, 0.4) is 0 Å². The first-order valence-electron chi connectivity index (χ1n) is 5.04. The Labute approximate surface area is 79.3 Å². The Morgan fingerprint density at radius 2 is 2.00 bits per heavy atom. The average Bonchev–Trinajstić information content (AvgIpc) is 2.05. The highest BCUT2D eigenvalue weighted by Crippen LogP contribution is 2.30. The molecule has 0 spiro atoms. The largest absolute Gasteiger partial charge is 0.380 e. The van der Waals surface area contributed by atoms with Gasteiger partial charge in [-0.15, -0.1) is 0 Å². The van der Waals surface area contributed by atoms with Gasteiger partial charge in [-0.3, -0.25) is 4.79 Å². The molecular weight excluding hydrogens is 166 g/mol. The van der Waals surface area contributed by atoms with Crippen LogP contribution in [0.2, 0.25) is 0 Å². The van der Waals surface area contributed by atoms with Gasteiger partial charge in [-0.05, 0) is 19.3 Å². The van der Waals surface area contributed by atoms with Crippen molar-refractivity contribution in [3.8, 4) is 0 Å². The normalized spacial score (nSPS) is 23.8. The van der Waals surface area contributed by atoms with Crippen LogP contribution in [0.1, 0.15) is 45.4 Å². The van der Waals surface area contributed by atoms with Crippen LogP contribution in [0.4, 0.5) is 0 Å². The van der Waals surface area contributed by atoms with Crippen molar-refractivity contribution in [2.45, 2.75) is 51.0 Å². The third-order valence-electron chi connectivity index (χ3n) is 2.94. The Bertz CT molecular complexity index is 183. The highest BCUT2D eigenvalue weighted by atomic mass is 16.3. The van der Waals surface area contributed by atoms with Crippen LogP contribution in [0.5, 0.6) is 0 Å². The van der Waals surface area contributed by atoms with Gasteiger partial charge in [0, 0.05) is 0 Å². The van der Waals surface area contributed by atoms with Crippen molar-refractivity contribution in [3.63, 3.8) is 0 Å². The smallest absolute Gasteiger partial charge is 0.249 e. The molecule has 0 unspecified atom stereocenters. The lowest BCUT2D eigenvalue weighted by atomic mass is 9.81. The van der Waals surface area contributed by atoms with E-state index in [4.69, 9.17) is 5.73 Å². The first-order valence-corrected chi connectivity index (χ1v) is 5.04. The van der Waals surface area contributed by atoms with Gasteiger partial charge in [0.25, 0.3) is 0 Å². The maximum Gasteiger partial charge on any atom is 0.249 e. The van der Waals surface area contributed by atoms with Gasteiger partial charge >= 0.3 is 0 Å². The van der Waals surface area contributed by atoms with Gasteiger partial charge in [-0.25, -0.2) is 0 Å². The second-order valence-corrected chi connectivity index (χ2v) is 4.35. The maximum atomic E-state index is 10.9. The van der Waals surface area contributed by atoms with Crippen molar-refractivity contribution < 1.29 is 9.90 Å². The van der Waals surface area contributed by atoms with Crippen molar-refractivity contribution in [1.82, 2.24) is 0 Å². The Balaban J connectivity index is 2.41. The minimum absolute atomic E-state index is 0.483. The molecule has 1 atom stereocenters. The Kier molecular flexibility index (Phi) is 3.31. The van der Waals surface area contributed by atoms with Crippen LogP contribution in [0, 0.1) is 5.92 Å². The molecule has 1 saturated carbocycles. The second-order valence-electron chi connectivity index (χ2n) is 4.35. The SMILES string of the molecule is C[C@](O)(CC1CCCCC1)C(N)=O. The van der Waals surface area contributed by atoms with E-state index in [0.717, 1.165) is 12.8 Å². The van der Waals surface area contributed by atoms with Crippen LogP contribution in [-0.2, 0) is 4.79 Å². The molecule has 0 heterocycles. The summed E-state index contributed by atoms with van der Waals surface area (Å²) in [4.78, 5) is 10.9. The van der Waals surface area contributed by atoms with E-state index in [1.54, 1.807) is 0 Å². The van der Waals surface area contributed by atoms with E-state index in [2.05, 4.69) is 0 Å². The lowest BCUT2D eigenvalue weighted by molar-refractivity contribution is -0.136. The van der Waals surface area contributed by atoms with Crippen LogP contribution in [0.15, 0.2) is 0 Å². The van der Waals surface area contributed by atoms with Crippen LogP contribution in [-0.4, -0.2) is 16.6 Å². The van der Waals surface area contributed by atoms with Gasteiger partial charge in [0.15, 0.2) is 0 Å². The number of carbonyl (C=O) groups excluding carboxylic acids is 1. The van der Waals surface area contributed by atoms with E-state index in [-0.39, 0.29) is 0 Å². The van der Waals surface area contributed by atoms with Crippen molar-refractivity contribution in [1.29, 1.82) is 0 Å². The zero-order valence-electron chi connectivity index (χ0n) is 8.25. The third kappa shape index (κ3) is 2.99. The molecular formula is C10H19NO2. The van der Waals surface area contributed by atoms with E-state index in [1.807, 2.05) is 0 Å². The van der Waals surface area contributed by atoms with Gasteiger partial charge < -0.3 is 10.8 Å². The molecule has 3 heteroatoms. The quantitative estimate of drug-likeness (QED) is 0.693. The molecule has 0 bridgehead atoms. The Morgan fingerprint density at radius 1 is 1.46 bits per heavy atom. The number of hydrogen-bond donors (Lipinski definition) is 2. The molecule has 0 aromatic carbocycles. The molecule has 3 nitrogen and oxygen atoms in total. The molecule has 0 aromatic rings. The summed E-state index contributed by atoms with van der Waals surface area (Å²) in [6.45, 7) is 1.52. The molecule has 76 valence electrons. The van der Waals surface area contributed by atoms with Gasteiger partial charge in [0.1, 0.15) is 5.60 Å². The summed E-state index contributed by atoms with van der Waals surface area (Å²) in [7, 11) is 0. The summed E-state index contributed by atoms with van der Waals surface area (Å²) in [6, 6.07) is 0. The predicted molar refractivity (Wildman–Crippen MR) is 51.0 cm³/mol. The fraction of sp³-hybridized carbons (Fsp3) is 0.900. The topological polar surface area (TPSA) is 63.3 Å². The number of amides is 1. The molecule has 0 aromatic heterocycles. The van der Waals surface area contributed by atoms with E-state index in [1.165, 1.54) is 26.2 Å². The molecule has 0 radical (unpaired) electrons. The standard InChI is InChI=1S/C10H19NO2/c1-10(13,9(11)12)7-8-5-3-2-4-6-8/h8,13H,2-7H2,1H3,(H2,11,12)/t10-/m0/s1. The molecule has 0 saturated heterocycles. The summed E-state index contributed by atoms with van der Waals surface area (Å²) < 4.78 is 0. The number of hydrogen-bond acceptors (Lipinski definition) is 2. The molecule has 1 aliphatic rings. The Hall–Kier alpha value is -0.570. The molecule has 3 N–H and O–H groups in total. The van der Waals surface area contributed by atoms with E-state index in [0.29, 0.717) is 12.3 Å². The van der Waals surface area contributed by atoms with Crippen LogP contribution in [0.25, 0.3) is 0 Å². The van der Waals surface area contributed by atoms with Crippen molar-refractivity contribution in [2.75, 3.05) is 0 Å². The minimum atomic E-state index is -1.30. The zero-order valence-corrected chi connectivity index (χ0v) is 8.25. The summed E-state index contributed by atoms with van der Waals surface area (Å²) in [5, 5.41) is 9.67. The summed E-state index contributed by atoms with van der Waals surface area (Å²) >= 11 is 0. The second kappa shape index (κ2) is 4.09. The Morgan fingerprint density at radius 3 is 2.46 bits per heavy atom. The molecule has 1 aliphatic carbocycles. The molecule has 0 aliphatic heterocycles. The lowest BCUT2D eigenvalue weighted by Crippen LogP contribution is -2.42. The minimum Gasteiger partial charge on any atom is -0.380 e. The molecule has 13 heavy (non-hydrogen) atoms. The van der Waals surface area contributed by atoms with E-state index in [9.17, 15) is 9.90 Å². The lowest BCUT2D eigenvalue weighted by Gasteiger charge is -2.28. The molecule has 1 amide bonds. The fourth-order valence-electron chi connectivity index (χ4n) is 2.05. The van der Waals surface area contributed by atoms with Crippen LogP contribution >= 0.6 is 0 Å². The van der Waals surface area contributed by atoms with Gasteiger partial charge in [-0.2, -0.15) is 0 Å². The summed E-state index contributed by atoms with van der Waals surface area (Å²) in [6.07, 6.45) is 6.52. The molecule has 1 rings (SSSR count). The van der Waals surface area contributed by atoms with Crippen molar-refractivity contribution in [3.05, 3.63) is 0 Å². The first-order chi connectivity index (χ1) is 6.02. The highest BCUT2D eigenvalue weighted by molar-refractivity contribution is 5.82. The average molecular weight is 185 g/mol. The third-order valence-corrected chi connectivity index (χ3v) is 2.94.